The monoisotopic (exact) mass is 393 g/mol. The molecule has 2 atom stereocenters. The summed E-state index contributed by atoms with van der Waals surface area (Å²) >= 11 is 0. The van der Waals surface area contributed by atoms with Crippen molar-refractivity contribution in [2.75, 3.05) is 27.2 Å². The van der Waals surface area contributed by atoms with Gasteiger partial charge in [-0.1, -0.05) is 6.92 Å². The number of aryl methyl sites for hydroxylation is 2. The molecule has 1 aliphatic heterocycles. The molecule has 0 spiro atoms. The molecule has 0 fully saturated rings. The van der Waals surface area contributed by atoms with Gasteiger partial charge in [0.25, 0.3) is 0 Å². The Morgan fingerprint density at radius 2 is 2.18 bits per heavy atom. The lowest BCUT2D eigenvalue weighted by Gasteiger charge is -2.27. The Morgan fingerprint density at radius 1 is 1.46 bits per heavy atom. The van der Waals surface area contributed by atoms with E-state index >= 15 is 0 Å². The van der Waals surface area contributed by atoms with Crippen molar-refractivity contribution in [1.29, 1.82) is 0 Å². The second-order valence-corrected chi connectivity index (χ2v) is 8.50. The molecule has 1 amide bonds. The Kier molecular flexibility index (Phi) is 7.26. The normalized spacial score (nSPS) is 18.2. The topological polar surface area (TPSA) is 96.7 Å². The number of ether oxygens (including phenoxy) is 1. The second-order valence-electron chi connectivity index (χ2n) is 8.50. The Bertz CT molecular complexity index is 693. The first kappa shape index (κ1) is 22.0. The minimum atomic E-state index is -0.488. The molecule has 1 aliphatic rings. The summed E-state index contributed by atoms with van der Waals surface area (Å²) in [7, 11) is 3.51. The highest BCUT2D eigenvalue weighted by Gasteiger charge is 2.25. The lowest BCUT2D eigenvalue weighted by atomic mass is 10.1. The minimum Gasteiger partial charge on any atom is -0.444 e. The van der Waals surface area contributed by atoms with Crippen LogP contribution in [0.15, 0.2) is 4.99 Å². The maximum absolute atomic E-state index is 12.1. The van der Waals surface area contributed by atoms with Gasteiger partial charge in [-0.2, -0.15) is 5.10 Å². The molecule has 2 rings (SSSR count). The highest BCUT2D eigenvalue weighted by Crippen LogP contribution is 2.22. The number of nitrogens with one attached hydrogen (secondary N) is 2. The Morgan fingerprint density at radius 3 is 2.82 bits per heavy atom. The molecule has 0 radical (unpaired) electrons. The van der Waals surface area contributed by atoms with Gasteiger partial charge in [0, 0.05) is 33.7 Å². The highest BCUT2D eigenvalue weighted by molar-refractivity contribution is 5.80. The van der Waals surface area contributed by atoms with Crippen molar-refractivity contribution in [2.24, 2.45) is 10.9 Å². The highest BCUT2D eigenvalue weighted by atomic mass is 16.6. The summed E-state index contributed by atoms with van der Waals surface area (Å²) in [6.07, 6.45) is 1.75. The third-order valence-electron chi connectivity index (χ3n) is 4.42. The van der Waals surface area contributed by atoms with E-state index in [1.54, 1.807) is 19.0 Å². The van der Waals surface area contributed by atoms with Gasteiger partial charge >= 0.3 is 6.09 Å². The SMILES string of the molecule is CN=C(NCC(C)CN(C)C(=O)OC(C)(C)C)NC1CCCn2nc(C)nc21. The van der Waals surface area contributed by atoms with Gasteiger partial charge in [-0.25, -0.2) is 14.5 Å². The standard InChI is InChI=1S/C19H35N7O2/c1-13(12-25(7)18(27)28-19(3,4)5)11-21-17(20-6)23-15-9-8-10-26-16(15)22-14(2)24-26/h13,15H,8-12H2,1-7H3,(H2,20,21,23). The van der Waals surface area contributed by atoms with E-state index in [1.165, 1.54) is 0 Å². The molecule has 2 N–H and O–H groups in total. The van der Waals surface area contributed by atoms with Crippen LogP contribution in [0.2, 0.25) is 0 Å². The molecule has 0 saturated heterocycles. The third-order valence-corrected chi connectivity index (χ3v) is 4.42. The molecular weight excluding hydrogens is 358 g/mol. The molecule has 0 saturated carbocycles. The molecule has 1 aromatic rings. The quantitative estimate of drug-likeness (QED) is 0.587. The first-order chi connectivity index (χ1) is 13.1. The van der Waals surface area contributed by atoms with Crippen LogP contribution in [0.4, 0.5) is 4.79 Å². The zero-order valence-electron chi connectivity index (χ0n) is 18.2. The van der Waals surface area contributed by atoms with Crippen LogP contribution in [0.3, 0.4) is 0 Å². The Labute approximate surface area is 167 Å². The zero-order valence-corrected chi connectivity index (χ0v) is 18.2. The van der Waals surface area contributed by atoms with Crippen LogP contribution < -0.4 is 10.6 Å². The average Bonchev–Trinajstić information content (AvgIpc) is 2.98. The van der Waals surface area contributed by atoms with Crippen LogP contribution in [0.25, 0.3) is 0 Å². The predicted octanol–water partition coefficient (Wildman–Crippen LogP) is 2.09. The summed E-state index contributed by atoms with van der Waals surface area (Å²) in [5.41, 5.74) is -0.488. The Balaban J connectivity index is 1.83. The van der Waals surface area contributed by atoms with Crippen molar-refractivity contribution >= 4 is 12.1 Å². The van der Waals surface area contributed by atoms with Crippen LogP contribution in [0, 0.1) is 12.8 Å². The summed E-state index contributed by atoms with van der Waals surface area (Å²) in [6.45, 7) is 11.8. The number of fused-ring (bicyclic) bond motifs is 1. The van der Waals surface area contributed by atoms with E-state index in [4.69, 9.17) is 4.74 Å². The fraction of sp³-hybridized carbons (Fsp3) is 0.789. The number of aliphatic imine (C=N–C) groups is 1. The number of carbonyl (C=O) groups is 1. The number of amides is 1. The van der Waals surface area contributed by atoms with Gasteiger partial charge in [-0.05, 0) is 46.5 Å². The maximum Gasteiger partial charge on any atom is 0.410 e. The van der Waals surface area contributed by atoms with Gasteiger partial charge in [-0.3, -0.25) is 4.99 Å². The van der Waals surface area contributed by atoms with Crippen molar-refractivity contribution in [3.63, 3.8) is 0 Å². The van der Waals surface area contributed by atoms with E-state index in [0.29, 0.717) is 13.1 Å². The first-order valence-electron chi connectivity index (χ1n) is 9.91. The van der Waals surface area contributed by atoms with E-state index in [9.17, 15) is 4.79 Å². The van der Waals surface area contributed by atoms with Gasteiger partial charge in [0.2, 0.25) is 0 Å². The third kappa shape index (κ3) is 6.38. The molecule has 1 aromatic heterocycles. The molecule has 2 unspecified atom stereocenters. The van der Waals surface area contributed by atoms with Crippen LogP contribution in [-0.4, -0.2) is 64.5 Å². The van der Waals surface area contributed by atoms with E-state index in [2.05, 4.69) is 32.6 Å². The number of guanidine groups is 1. The fourth-order valence-corrected chi connectivity index (χ4v) is 3.18. The van der Waals surface area contributed by atoms with Crippen molar-refractivity contribution < 1.29 is 9.53 Å². The summed E-state index contributed by atoms with van der Waals surface area (Å²) in [5.74, 6) is 2.72. The molecule has 28 heavy (non-hydrogen) atoms. The number of hydrogen-bond donors (Lipinski definition) is 2. The Hall–Kier alpha value is -2.32. The van der Waals surface area contributed by atoms with Crippen molar-refractivity contribution in [2.45, 2.75) is 65.6 Å². The van der Waals surface area contributed by atoms with E-state index in [-0.39, 0.29) is 18.1 Å². The first-order valence-corrected chi connectivity index (χ1v) is 9.91. The number of rotatable bonds is 5. The molecule has 9 nitrogen and oxygen atoms in total. The van der Waals surface area contributed by atoms with E-state index in [0.717, 1.165) is 37.0 Å². The molecule has 9 heteroatoms. The molecule has 158 valence electrons. The summed E-state index contributed by atoms with van der Waals surface area (Å²) in [5, 5.41) is 11.2. The number of carbonyl (C=O) groups excluding carboxylic acids is 1. The lowest BCUT2D eigenvalue weighted by molar-refractivity contribution is 0.0278. The molecule has 2 heterocycles. The summed E-state index contributed by atoms with van der Waals surface area (Å²) < 4.78 is 7.37. The van der Waals surface area contributed by atoms with Crippen molar-refractivity contribution in [1.82, 2.24) is 30.3 Å². The summed E-state index contributed by atoms with van der Waals surface area (Å²) in [4.78, 5) is 22.6. The molecular formula is C19H35N7O2. The largest absolute Gasteiger partial charge is 0.444 e. The average molecular weight is 394 g/mol. The smallest absolute Gasteiger partial charge is 0.410 e. The molecule has 0 aliphatic carbocycles. The maximum atomic E-state index is 12.1. The molecule has 0 bridgehead atoms. The van der Waals surface area contributed by atoms with Crippen molar-refractivity contribution in [3.8, 4) is 0 Å². The summed E-state index contributed by atoms with van der Waals surface area (Å²) in [6, 6.07) is 0.0980. The second kappa shape index (κ2) is 9.25. The van der Waals surface area contributed by atoms with E-state index in [1.807, 2.05) is 32.4 Å². The van der Waals surface area contributed by atoms with Crippen LogP contribution in [0.5, 0.6) is 0 Å². The van der Waals surface area contributed by atoms with Crippen LogP contribution in [-0.2, 0) is 11.3 Å². The van der Waals surface area contributed by atoms with Gasteiger partial charge in [0.15, 0.2) is 5.96 Å². The van der Waals surface area contributed by atoms with E-state index < -0.39 is 5.60 Å². The van der Waals surface area contributed by atoms with Gasteiger partial charge < -0.3 is 20.3 Å². The predicted molar refractivity (Wildman–Crippen MR) is 109 cm³/mol. The van der Waals surface area contributed by atoms with Crippen LogP contribution >= 0.6 is 0 Å². The number of nitrogens with zero attached hydrogens (tertiary/aromatic N) is 5. The lowest BCUT2D eigenvalue weighted by Crippen LogP contribution is -2.44. The van der Waals surface area contributed by atoms with Gasteiger partial charge in [0.05, 0.1) is 6.04 Å². The number of hydrogen-bond acceptors (Lipinski definition) is 5. The molecule has 0 aromatic carbocycles. The minimum absolute atomic E-state index is 0.0980. The number of aromatic nitrogens is 3. The van der Waals surface area contributed by atoms with Gasteiger partial charge in [-0.15, -0.1) is 0 Å². The fourth-order valence-electron chi connectivity index (χ4n) is 3.18. The van der Waals surface area contributed by atoms with Crippen LogP contribution in [0.1, 0.15) is 58.2 Å². The van der Waals surface area contributed by atoms with Gasteiger partial charge in [0.1, 0.15) is 17.2 Å². The van der Waals surface area contributed by atoms with Crippen molar-refractivity contribution in [3.05, 3.63) is 11.6 Å². The zero-order chi connectivity index (χ0) is 20.9.